The predicted molar refractivity (Wildman–Crippen MR) is 107 cm³/mol. The molecule has 2 unspecified atom stereocenters. The molecular weight excluding hydrogens is 402 g/mol. The molecule has 2 aromatic rings. The van der Waals surface area contributed by atoms with E-state index in [0.29, 0.717) is 11.5 Å². The summed E-state index contributed by atoms with van der Waals surface area (Å²) in [5.41, 5.74) is 1.12. The van der Waals surface area contributed by atoms with E-state index in [2.05, 4.69) is 31.1 Å². The zero-order valence-electron chi connectivity index (χ0n) is 16.6. The Bertz CT molecular complexity index is 1090. The van der Waals surface area contributed by atoms with E-state index in [1.54, 1.807) is 18.2 Å². The normalized spacial score (nSPS) is 23.3. The van der Waals surface area contributed by atoms with Crippen LogP contribution < -0.4 is 16.0 Å². The van der Waals surface area contributed by atoms with Gasteiger partial charge in [0.1, 0.15) is 11.9 Å². The van der Waals surface area contributed by atoms with Gasteiger partial charge in [-0.25, -0.2) is 0 Å². The second kappa shape index (κ2) is 7.58. The number of benzene rings is 1. The summed E-state index contributed by atoms with van der Waals surface area (Å²) in [7, 11) is 0. The van der Waals surface area contributed by atoms with E-state index < -0.39 is 29.7 Å². The highest BCUT2D eigenvalue weighted by Gasteiger charge is 2.45. The van der Waals surface area contributed by atoms with Gasteiger partial charge in [-0.1, -0.05) is 12.1 Å². The summed E-state index contributed by atoms with van der Waals surface area (Å²) in [5.74, 6) is -0.920. The maximum atomic E-state index is 13.1. The SMILES string of the molecule is O=C1CCC(N2C(=O)c3cccc(CNc4n[nH]c(C5CCCN5)n4)c3C2=O)C(=O)N1. The summed E-state index contributed by atoms with van der Waals surface area (Å²) in [6.07, 6.45) is 2.29. The number of hydrogen-bond acceptors (Lipinski definition) is 8. The lowest BCUT2D eigenvalue weighted by Gasteiger charge is -2.27. The molecule has 0 aliphatic carbocycles. The van der Waals surface area contributed by atoms with E-state index in [0.717, 1.165) is 30.1 Å². The van der Waals surface area contributed by atoms with Crippen LogP contribution in [0.1, 0.15) is 63.8 Å². The topological polar surface area (TPSA) is 149 Å². The van der Waals surface area contributed by atoms with Gasteiger partial charge < -0.3 is 10.6 Å². The standard InChI is InChI=1S/C20H21N7O4/c28-14-7-6-13(17(29)23-14)27-18(30)11-4-1-3-10(15(11)19(27)31)9-22-20-24-16(25-26-20)12-5-2-8-21-12/h1,3-4,12-13,21H,2,5-9H2,(H,23,28,29)(H2,22,24,25,26). The fourth-order valence-electron chi connectivity index (χ4n) is 4.33. The fourth-order valence-corrected chi connectivity index (χ4v) is 4.33. The highest BCUT2D eigenvalue weighted by molar-refractivity contribution is 6.24. The highest BCUT2D eigenvalue weighted by Crippen LogP contribution is 2.30. The van der Waals surface area contributed by atoms with Gasteiger partial charge in [-0.15, -0.1) is 5.10 Å². The van der Waals surface area contributed by atoms with Gasteiger partial charge >= 0.3 is 0 Å². The number of carbonyl (C=O) groups is 4. The number of imide groups is 2. The smallest absolute Gasteiger partial charge is 0.262 e. The molecule has 11 heteroatoms. The molecule has 1 aromatic carbocycles. The molecule has 4 N–H and O–H groups in total. The van der Waals surface area contributed by atoms with Crippen molar-refractivity contribution in [2.24, 2.45) is 0 Å². The largest absolute Gasteiger partial charge is 0.349 e. The Morgan fingerprint density at radius 1 is 1.13 bits per heavy atom. The van der Waals surface area contributed by atoms with E-state index in [9.17, 15) is 19.2 Å². The third-order valence-electron chi connectivity index (χ3n) is 5.88. The first-order chi connectivity index (χ1) is 15.0. The van der Waals surface area contributed by atoms with Gasteiger partial charge in [0.2, 0.25) is 17.8 Å². The van der Waals surface area contributed by atoms with Gasteiger partial charge in [-0.3, -0.25) is 34.5 Å². The van der Waals surface area contributed by atoms with Crippen molar-refractivity contribution in [2.45, 2.75) is 44.3 Å². The maximum Gasteiger partial charge on any atom is 0.262 e. The van der Waals surface area contributed by atoms with Gasteiger partial charge in [0.25, 0.3) is 11.8 Å². The van der Waals surface area contributed by atoms with Gasteiger partial charge in [0, 0.05) is 13.0 Å². The number of rotatable bonds is 5. The van der Waals surface area contributed by atoms with Crippen LogP contribution in [0.15, 0.2) is 18.2 Å². The molecule has 2 atom stereocenters. The quantitative estimate of drug-likeness (QED) is 0.500. The number of hydrogen-bond donors (Lipinski definition) is 4. The third-order valence-corrected chi connectivity index (χ3v) is 5.88. The Labute approximate surface area is 177 Å². The van der Waals surface area contributed by atoms with Crippen LogP contribution in [0.4, 0.5) is 5.95 Å². The van der Waals surface area contributed by atoms with Gasteiger partial charge in [0.15, 0.2) is 0 Å². The van der Waals surface area contributed by atoms with Crippen LogP contribution in [0.2, 0.25) is 0 Å². The first-order valence-electron chi connectivity index (χ1n) is 10.3. The minimum Gasteiger partial charge on any atom is -0.349 e. The number of carbonyl (C=O) groups excluding carboxylic acids is 4. The molecule has 0 saturated carbocycles. The number of amides is 4. The van der Waals surface area contributed by atoms with E-state index in [4.69, 9.17) is 0 Å². The number of aromatic amines is 1. The van der Waals surface area contributed by atoms with Crippen LogP contribution in [-0.4, -0.2) is 56.3 Å². The van der Waals surface area contributed by atoms with Crippen molar-refractivity contribution in [1.29, 1.82) is 0 Å². The van der Waals surface area contributed by atoms with Crippen molar-refractivity contribution in [2.75, 3.05) is 11.9 Å². The zero-order chi connectivity index (χ0) is 21.5. The summed E-state index contributed by atoms with van der Waals surface area (Å²) in [6.45, 7) is 1.19. The molecule has 3 aliphatic heterocycles. The zero-order valence-corrected chi connectivity index (χ0v) is 16.6. The maximum absolute atomic E-state index is 13.1. The van der Waals surface area contributed by atoms with Crippen LogP contribution in [0, 0.1) is 0 Å². The summed E-state index contributed by atoms with van der Waals surface area (Å²) in [5, 5.41) is 15.7. The lowest BCUT2D eigenvalue weighted by atomic mass is 10.0. The number of anilines is 1. The van der Waals surface area contributed by atoms with Gasteiger partial charge in [-0.05, 0) is 37.4 Å². The number of aromatic nitrogens is 3. The first kappa shape index (κ1) is 19.4. The molecule has 11 nitrogen and oxygen atoms in total. The molecule has 4 amide bonds. The molecule has 0 radical (unpaired) electrons. The van der Waals surface area contributed by atoms with Gasteiger partial charge in [-0.2, -0.15) is 4.98 Å². The number of nitrogens with one attached hydrogen (secondary N) is 4. The van der Waals surface area contributed by atoms with Crippen molar-refractivity contribution in [3.05, 3.63) is 40.7 Å². The molecule has 0 bridgehead atoms. The molecule has 2 saturated heterocycles. The lowest BCUT2D eigenvalue weighted by molar-refractivity contribution is -0.136. The van der Waals surface area contributed by atoms with E-state index in [-0.39, 0.29) is 36.6 Å². The van der Waals surface area contributed by atoms with Crippen molar-refractivity contribution in [1.82, 2.24) is 30.7 Å². The molecule has 0 spiro atoms. The Hall–Kier alpha value is -3.60. The monoisotopic (exact) mass is 423 g/mol. The van der Waals surface area contributed by atoms with Gasteiger partial charge in [0.05, 0.1) is 17.2 Å². The summed E-state index contributed by atoms with van der Waals surface area (Å²) < 4.78 is 0. The number of piperidine rings is 1. The van der Waals surface area contributed by atoms with Crippen LogP contribution in [0.3, 0.4) is 0 Å². The second-order valence-corrected chi connectivity index (χ2v) is 7.83. The van der Waals surface area contributed by atoms with Crippen LogP contribution in [0.5, 0.6) is 0 Å². The van der Waals surface area contributed by atoms with Crippen molar-refractivity contribution in [3.8, 4) is 0 Å². The molecule has 2 fully saturated rings. The number of fused-ring (bicyclic) bond motifs is 1. The van der Waals surface area contributed by atoms with Crippen LogP contribution in [-0.2, 0) is 16.1 Å². The van der Waals surface area contributed by atoms with Crippen molar-refractivity contribution < 1.29 is 19.2 Å². The minimum absolute atomic E-state index is 0.0846. The molecule has 4 heterocycles. The van der Waals surface area contributed by atoms with Crippen molar-refractivity contribution >= 4 is 29.6 Å². The fraction of sp³-hybridized carbons (Fsp3) is 0.400. The van der Waals surface area contributed by atoms with Crippen LogP contribution >= 0.6 is 0 Å². The summed E-state index contributed by atoms with van der Waals surface area (Å²) in [4.78, 5) is 55.1. The molecule has 5 rings (SSSR count). The van der Waals surface area contributed by atoms with Crippen molar-refractivity contribution in [3.63, 3.8) is 0 Å². The Morgan fingerprint density at radius 3 is 2.77 bits per heavy atom. The van der Waals surface area contributed by atoms with E-state index >= 15 is 0 Å². The molecule has 3 aliphatic rings. The predicted octanol–water partition coefficient (Wildman–Crippen LogP) is 0.243. The molecule has 31 heavy (non-hydrogen) atoms. The Kier molecular flexibility index (Phi) is 4.74. The Balaban J connectivity index is 1.34. The average molecular weight is 423 g/mol. The molecule has 160 valence electrons. The summed E-state index contributed by atoms with van der Waals surface area (Å²) in [6, 6.07) is 4.19. The minimum atomic E-state index is -0.986. The van der Waals surface area contributed by atoms with E-state index in [1.807, 2.05) is 0 Å². The van der Waals surface area contributed by atoms with Crippen LogP contribution in [0.25, 0.3) is 0 Å². The Morgan fingerprint density at radius 2 is 2.00 bits per heavy atom. The number of H-pyrrole nitrogens is 1. The third kappa shape index (κ3) is 3.36. The van der Waals surface area contributed by atoms with E-state index in [1.165, 1.54) is 0 Å². The molecular formula is C20H21N7O4. The first-order valence-corrected chi connectivity index (χ1v) is 10.3. The highest BCUT2D eigenvalue weighted by atomic mass is 16.2. The molecule has 1 aromatic heterocycles. The lowest BCUT2D eigenvalue weighted by Crippen LogP contribution is -2.54. The summed E-state index contributed by atoms with van der Waals surface area (Å²) >= 11 is 0. The second-order valence-electron chi connectivity index (χ2n) is 7.83. The average Bonchev–Trinajstić information content (AvgIpc) is 3.49. The number of nitrogens with zero attached hydrogens (tertiary/aromatic N) is 3.